The van der Waals surface area contributed by atoms with E-state index in [2.05, 4.69) is 22.4 Å². The molecule has 5 heteroatoms. The normalized spacial score (nSPS) is 22.1. The lowest BCUT2D eigenvalue weighted by Gasteiger charge is -2.33. The molecule has 5 nitrogen and oxygen atoms in total. The number of rotatable bonds is 4. The van der Waals surface area contributed by atoms with E-state index in [1.54, 1.807) is 0 Å². The van der Waals surface area contributed by atoms with E-state index in [0.717, 1.165) is 26.2 Å². The summed E-state index contributed by atoms with van der Waals surface area (Å²) in [7, 11) is 2.11. The van der Waals surface area contributed by atoms with E-state index in [4.69, 9.17) is 5.73 Å². The lowest BCUT2D eigenvalue weighted by molar-refractivity contribution is -0.121. The number of nitrogens with zero attached hydrogens (tertiary/aromatic N) is 2. The molecule has 1 aliphatic heterocycles. The van der Waals surface area contributed by atoms with E-state index < -0.39 is 0 Å². The Morgan fingerprint density at radius 3 is 2.50 bits per heavy atom. The smallest absolute Gasteiger partial charge is 0.221 e. The van der Waals surface area contributed by atoms with Crippen LogP contribution in [0.3, 0.4) is 0 Å². The topological polar surface area (TPSA) is 61.6 Å². The maximum atomic E-state index is 10.8. The van der Waals surface area contributed by atoms with Gasteiger partial charge in [-0.2, -0.15) is 0 Å². The lowest BCUT2D eigenvalue weighted by atomic mass is 10.2. The highest BCUT2D eigenvalue weighted by atomic mass is 16.1. The van der Waals surface area contributed by atoms with Crippen LogP contribution in [0.25, 0.3) is 0 Å². The maximum absolute atomic E-state index is 10.8. The Morgan fingerprint density at radius 1 is 1.43 bits per heavy atom. The van der Waals surface area contributed by atoms with E-state index >= 15 is 0 Å². The van der Waals surface area contributed by atoms with Crippen molar-refractivity contribution in [3.05, 3.63) is 0 Å². The Labute approximate surface area is 85.2 Å². The summed E-state index contributed by atoms with van der Waals surface area (Å²) in [4.78, 5) is 13.1. The highest BCUT2D eigenvalue weighted by molar-refractivity contribution is 5.76. The zero-order chi connectivity index (χ0) is 10.6. The molecule has 1 fully saturated rings. The van der Waals surface area contributed by atoms with Crippen molar-refractivity contribution in [3.8, 4) is 0 Å². The maximum Gasteiger partial charge on any atom is 0.221 e. The van der Waals surface area contributed by atoms with E-state index in [0.29, 0.717) is 6.54 Å². The van der Waals surface area contributed by atoms with Crippen LogP contribution in [-0.2, 0) is 4.79 Å². The number of carbonyl (C=O) groups excluding carboxylic acids is 1. The second kappa shape index (κ2) is 5.29. The molecule has 0 aromatic rings. The summed E-state index contributed by atoms with van der Waals surface area (Å²) in [5.74, 6) is -0.346. The molecule has 1 amide bonds. The molecule has 1 aliphatic rings. The van der Waals surface area contributed by atoms with Crippen molar-refractivity contribution >= 4 is 5.91 Å². The van der Waals surface area contributed by atoms with E-state index in [9.17, 15) is 4.79 Å². The fourth-order valence-corrected chi connectivity index (χ4v) is 1.33. The molecule has 0 bridgehead atoms. The molecule has 1 saturated heterocycles. The highest BCUT2D eigenvalue weighted by Crippen LogP contribution is 1.97. The highest BCUT2D eigenvalue weighted by Gasteiger charge is 2.15. The van der Waals surface area contributed by atoms with Gasteiger partial charge in [0.25, 0.3) is 0 Å². The first kappa shape index (κ1) is 11.4. The summed E-state index contributed by atoms with van der Waals surface area (Å²) < 4.78 is 0. The van der Waals surface area contributed by atoms with Gasteiger partial charge in [-0.15, -0.1) is 0 Å². The molecule has 0 aliphatic carbocycles. The lowest BCUT2D eigenvalue weighted by Crippen LogP contribution is -2.52. The van der Waals surface area contributed by atoms with Crippen molar-refractivity contribution in [3.63, 3.8) is 0 Å². The average molecular weight is 200 g/mol. The van der Waals surface area contributed by atoms with Gasteiger partial charge in [0.05, 0.1) is 0 Å². The fraction of sp³-hybridized carbons (Fsp3) is 0.889. The van der Waals surface area contributed by atoms with Crippen molar-refractivity contribution in [2.45, 2.75) is 6.92 Å². The zero-order valence-corrected chi connectivity index (χ0v) is 8.99. The van der Waals surface area contributed by atoms with E-state index in [1.807, 2.05) is 6.92 Å². The molecular weight excluding hydrogens is 180 g/mol. The van der Waals surface area contributed by atoms with Crippen LogP contribution < -0.4 is 11.2 Å². The van der Waals surface area contributed by atoms with Crippen LogP contribution in [0.15, 0.2) is 0 Å². The van der Waals surface area contributed by atoms with Crippen LogP contribution in [0.1, 0.15) is 6.92 Å². The van der Waals surface area contributed by atoms with Crippen LogP contribution >= 0.6 is 0 Å². The Morgan fingerprint density at radius 2 is 2.00 bits per heavy atom. The van der Waals surface area contributed by atoms with Gasteiger partial charge in [0.15, 0.2) is 0 Å². The Hall–Kier alpha value is -0.650. The van der Waals surface area contributed by atoms with Crippen molar-refractivity contribution in [1.82, 2.24) is 15.3 Å². The zero-order valence-electron chi connectivity index (χ0n) is 8.99. The predicted octanol–water partition coefficient (Wildman–Crippen LogP) is -1.14. The number of carbonyl (C=O) groups is 1. The minimum absolute atomic E-state index is 0.102. The first-order valence-electron chi connectivity index (χ1n) is 5.06. The van der Waals surface area contributed by atoms with E-state index in [1.165, 1.54) is 0 Å². The third-order valence-corrected chi connectivity index (χ3v) is 2.61. The number of likely N-dealkylation sites (N-methyl/N-ethyl adjacent to an activating group) is 1. The van der Waals surface area contributed by atoms with Gasteiger partial charge < -0.3 is 10.6 Å². The summed E-state index contributed by atoms with van der Waals surface area (Å²) in [5, 5.41) is 2.15. The number of hydrogen-bond donors (Lipinski definition) is 2. The summed E-state index contributed by atoms with van der Waals surface area (Å²) >= 11 is 0. The van der Waals surface area contributed by atoms with Gasteiger partial charge in [0.1, 0.15) is 0 Å². The first-order valence-corrected chi connectivity index (χ1v) is 5.06. The quantitative estimate of drug-likeness (QED) is 0.602. The monoisotopic (exact) mass is 200 g/mol. The van der Waals surface area contributed by atoms with Crippen LogP contribution in [0.4, 0.5) is 0 Å². The SMILES string of the molecule is CC(CNN1CCN(C)CC1)C(N)=O. The summed E-state index contributed by atoms with van der Waals surface area (Å²) in [6.45, 7) is 6.62. The molecular formula is C9H20N4O. The molecule has 0 spiro atoms. The Bertz CT molecular complexity index is 189. The minimum atomic E-state index is -0.244. The summed E-state index contributed by atoms with van der Waals surface area (Å²) in [6, 6.07) is 0. The molecule has 0 radical (unpaired) electrons. The second-order valence-corrected chi connectivity index (χ2v) is 3.96. The van der Waals surface area contributed by atoms with Gasteiger partial charge in [-0.05, 0) is 7.05 Å². The molecule has 1 rings (SSSR count). The molecule has 0 saturated carbocycles. The first-order chi connectivity index (χ1) is 6.59. The summed E-state index contributed by atoms with van der Waals surface area (Å²) in [5.41, 5.74) is 8.40. The third-order valence-electron chi connectivity index (χ3n) is 2.61. The third kappa shape index (κ3) is 3.61. The van der Waals surface area contributed by atoms with Crippen molar-refractivity contribution in [1.29, 1.82) is 0 Å². The molecule has 1 unspecified atom stereocenters. The molecule has 3 N–H and O–H groups in total. The van der Waals surface area contributed by atoms with Crippen molar-refractivity contribution in [2.75, 3.05) is 39.8 Å². The standard InChI is InChI=1S/C9H20N4O/c1-8(9(10)14)7-11-13-5-3-12(2)4-6-13/h8,11H,3-7H2,1-2H3,(H2,10,14). The van der Waals surface area contributed by atoms with Crippen molar-refractivity contribution in [2.24, 2.45) is 11.7 Å². The number of nitrogens with one attached hydrogen (secondary N) is 1. The van der Waals surface area contributed by atoms with Crippen LogP contribution in [0.2, 0.25) is 0 Å². The second-order valence-electron chi connectivity index (χ2n) is 3.96. The molecule has 14 heavy (non-hydrogen) atoms. The largest absolute Gasteiger partial charge is 0.369 e. The van der Waals surface area contributed by atoms with E-state index in [-0.39, 0.29) is 11.8 Å². The van der Waals surface area contributed by atoms with Gasteiger partial charge in [-0.3, -0.25) is 10.2 Å². The molecule has 0 aromatic carbocycles. The van der Waals surface area contributed by atoms with Crippen molar-refractivity contribution < 1.29 is 4.79 Å². The Balaban J connectivity index is 2.16. The number of piperazine rings is 1. The number of amides is 1. The summed E-state index contributed by atoms with van der Waals surface area (Å²) in [6.07, 6.45) is 0. The Kier molecular flexibility index (Phi) is 4.31. The fourth-order valence-electron chi connectivity index (χ4n) is 1.33. The molecule has 0 aromatic heterocycles. The number of primary amides is 1. The predicted molar refractivity (Wildman–Crippen MR) is 55.4 cm³/mol. The van der Waals surface area contributed by atoms with Gasteiger partial charge in [-0.1, -0.05) is 6.92 Å². The minimum Gasteiger partial charge on any atom is -0.369 e. The molecule has 1 atom stereocenters. The van der Waals surface area contributed by atoms with Crippen LogP contribution in [0, 0.1) is 5.92 Å². The van der Waals surface area contributed by atoms with Crippen LogP contribution in [-0.4, -0.2) is 55.6 Å². The average Bonchev–Trinajstić information content (AvgIpc) is 2.16. The molecule has 82 valence electrons. The van der Waals surface area contributed by atoms with Crippen LogP contribution in [0.5, 0.6) is 0 Å². The molecule has 1 heterocycles. The van der Waals surface area contributed by atoms with Gasteiger partial charge in [0.2, 0.25) is 5.91 Å². The number of hydrogen-bond acceptors (Lipinski definition) is 4. The van der Waals surface area contributed by atoms with Gasteiger partial charge >= 0.3 is 0 Å². The van der Waals surface area contributed by atoms with Gasteiger partial charge in [-0.25, -0.2) is 5.01 Å². The van der Waals surface area contributed by atoms with Gasteiger partial charge in [0, 0.05) is 38.6 Å². The number of nitrogens with two attached hydrogens (primary N) is 1. The number of hydrazine groups is 1.